The molecule has 0 aromatic heterocycles. The molecule has 1 unspecified atom stereocenters. The maximum Gasteiger partial charge on any atom is 0.301 e. The van der Waals surface area contributed by atoms with Gasteiger partial charge in [0.2, 0.25) is 0 Å². The molecule has 1 heterocycles. The van der Waals surface area contributed by atoms with E-state index in [1.807, 2.05) is 30.3 Å². The topological polar surface area (TPSA) is 67.8 Å². The predicted molar refractivity (Wildman–Crippen MR) is 108 cm³/mol. The van der Waals surface area contributed by atoms with Crippen LogP contribution < -0.4 is 5.32 Å². The zero-order valence-electron chi connectivity index (χ0n) is 16.4. The Labute approximate surface area is 165 Å². The SMILES string of the molecule is C[C@H](NC1=NS(=O)(=O)C(C)(Cc2ccccc2)C(C)(C)O1)c1ccccc1F. The molecule has 2 aromatic carbocycles. The van der Waals surface area contributed by atoms with Gasteiger partial charge in [0.25, 0.3) is 10.0 Å². The van der Waals surface area contributed by atoms with Crippen molar-refractivity contribution in [1.82, 2.24) is 5.32 Å². The second-order valence-corrected chi connectivity index (χ2v) is 9.80. The molecule has 7 heteroatoms. The third-order valence-electron chi connectivity index (χ3n) is 5.49. The molecule has 1 aliphatic heterocycles. The van der Waals surface area contributed by atoms with E-state index in [1.54, 1.807) is 45.9 Å². The summed E-state index contributed by atoms with van der Waals surface area (Å²) >= 11 is 0. The molecule has 0 spiro atoms. The second kappa shape index (κ2) is 7.20. The smallest absolute Gasteiger partial charge is 0.301 e. The van der Waals surface area contributed by atoms with Crippen molar-refractivity contribution >= 4 is 16.0 Å². The molecule has 28 heavy (non-hydrogen) atoms. The van der Waals surface area contributed by atoms with Crippen molar-refractivity contribution in [3.8, 4) is 0 Å². The largest absolute Gasteiger partial charge is 0.457 e. The zero-order valence-corrected chi connectivity index (χ0v) is 17.3. The van der Waals surface area contributed by atoms with Crippen LogP contribution in [0.25, 0.3) is 0 Å². The summed E-state index contributed by atoms with van der Waals surface area (Å²) in [5, 5.41) is 2.90. The molecule has 1 N–H and O–H groups in total. The first kappa shape index (κ1) is 20.3. The van der Waals surface area contributed by atoms with Gasteiger partial charge in [0, 0.05) is 5.56 Å². The van der Waals surface area contributed by atoms with Crippen LogP contribution in [-0.4, -0.2) is 24.8 Å². The molecule has 3 rings (SSSR count). The van der Waals surface area contributed by atoms with Crippen molar-refractivity contribution in [2.75, 3.05) is 0 Å². The van der Waals surface area contributed by atoms with Gasteiger partial charge in [-0.1, -0.05) is 48.5 Å². The average molecular weight is 405 g/mol. The summed E-state index contributed by atoms with van der Waals surface area (Å²) in [6, 6.07) is 15.1. The maximum atomic E-state index is 14.0. The molecule has 2 aromatic rings. The number of rotatable bonds is 4. The highest BCUT2D eigenvalue weighted by atomic mass is 32.2. The number of sulfonamides is 1. The first-order valence-corrected chi connectivity index (χ1v) is 10.6. The lowest BCUT2D eigenvalue weighted by Gasteiger charge is -2.45. The lowest BCUT2D eigenvalue weighted by Crippen LogP contribution is -2.61. The molecule has 0 fully saturated rings. The van der Waals surface area contributed by atoms with Crippen molar-refractivity contribution in [2.45, 2.75) is 50.5 Å². The highest BCUT2D eigenvalue weighted by Gasteiger charge is 2.57. The fourth-order valence-corrected chi connectivity index (χ4v) is 4.84. The molecule has 0 radical (unpaired) electrons. The van der Waals surface area contributed by atoms with Gasteiger partial charge in [-0.15, -0.1) is 4.40 Å². The van der Waals surface area contributed by atoms with Gasteiger partial charge < -0.3 is 10.1 Å². The Kier molecular flexibility index (Phi) is 5.23. The molecular weight excluding hydrogens is 379 g/mol. The maximum absolute atomic E-state index is 14.0. The predicted octanol–water partition coefficient (Wildman–Crippen LogP) is 3.97. The van der Waals surface area contributed by atoms with Crippen LogP contribution in [0.5, 0.6) is 0 Å². The van der Waals surface area contributed by atoms with Crippen molar-refractivity contribution in [2.24, 2.45) is 4.40 Å². The van der Waals surface area contributed by atoms with E-state index in [1.165, 1.54) is 6.07 Å². The lowest BCUT2D eigenvalue weighted by atomic mass is 9.85. The Balaban J connectivity index is 1.91. The van der Waals surface area contributed by atoms with E-state index in [2.05, 4.69) is 9.71 Å². The van der Waals surface area contributed by atoms with Gasteiger partial charge in [0.1, 0.15) is 16.2 Å². The number of hydrogen-bond donors (Lipinski definition) is 1. The number of halogens is 1. The molecule has 0 saturated heterocycles. The molecular formula is C21H25FN2O3S. The van der Waals surface area contributed by atoms with Gasteiger partial charge in [-0.3, -0.25) is 0 Å². The number of hydrogen-bond acceptors (Lipinski definition) is 4. The molecule has 1 aliphatic rings. The normalized spacial score (nSPS) is 24.0. The van der Waals surface area contributed by atoms with Crippen LogP contribution in [0.1, 0.15) is 44.9 Å². The summed E-state index contributed by atoms with van der Waals surface area (Å²) in [5.41, 5.74) is 0.235. The molecule has 5 nitrogen and oxygen atoms in total. The summed E-state index contributed by atoms with van der Waals surface area (Å²) in [6.45, 7) is 6.84. The number of ether oxygens (including phenoxy) is 1. The van der Waals surface area contributed by atoms with Gasteiger partial charge in [-0.05, 0) is 45.7 Å². The minimum absolute atomic E-state index is 0.119. The van der Waals surface area contributed by atoms with Crippen LogP contribution >= 0.6 is 0 Å². The van der Waals surface area contributed by atoms with Gasteiger partial charge in [0.15, 0.2) is 0 Å². The first-order valence-electron chi connectivity index (χ1n) is 9.14. The van der Waals surface area contributed by atoms with Crippen molar-refractivity contribution in [3.05, 3.63) is 71.5 Å². The fraction of sp³-hybridized carbons (Fsp3) is 0.381. The third kappa shape index (κ3) is 3.63. The fourth-order valence-electron chi connectivity index (χ4n) is 3.32. The lowest BCUT2D eigenvalue weighted by molar-refractivity contribution is 0.0411. The van der Waals surface area contributed by atoms with E-state index in [0.717, 1.165) is 5.56 Å². The number of amidine groups is 1. The van der Waals surface area contributed by atoms with E-state index < -0.39 is 26.4 Å². The van der Waals surface area contributed by atoms with Crippen LogP contribution in [0.15, 0.2) is 59.0 Å². The summed E-state index contributed by atoms with van der Waals surface area (Å²) in [7, 11) is -3.91. The minimum atomic E-state index is -3.91. The highest BCUT2D eigenvalue weighted by Crippen LogP contribution is 2.40. The Morgan fingerprint density at radius 2 is 1.68 bits per heavy atom. The summed E-state index contributed by atoms with van der Waals surface area (Å²) in [4.78, 5) is 0. The van der Waals surface area contributed by atoms with Gasteiger partial charge in [0.05, 0.1) is 6.04 Å². The Hall–Kier alpha value is -2.41. The summed E-state index contributed by atoms with van der Waals surface area (Å²) in [6.07, 6.45) is 0.267. The quantitative estimate of drug-likeness (QED) is 0.837. The van der Waals surface area contributed by atoms with E-state index in [-0.39, 0.29) is 18.3 Å². The van der Waals surface area contributed by atoms with Crippen molar-refractivity contribution in [1.29, 1.82) is 0 Å². The molecule has 0 aliphatic carbocycles. The van der Waals surface area contributed by atoms with Crippen molar-refractivity contribution in [3.63, 3.8) is 0 Å². The van der Waals surface area contributed by atoms with Crippen LogP contribution in [0.3, 0.4) is 0 Å². The van der Waals surface area contributed by atoms with Gasteiger partial charge in [-0.25, -0.2) is 12.8 Å². The van der Waals surface area contributed by atoms with Crippen LogP contribution in [0.4, 0.5) is 4.39 Å². The van der Waals surface area contributed by atoms with E-state index in [9.17, 15) is 12.8 Å². The van der Waals surface area contributed by atoms with Gasteiger partial charge in [-0.2, -0.15) is 0 Å². The van der Waals surface area contributed by atoms with Gasteiger partial charge >= 0.3 is 6.02 Å². The molecule has 0 amide bonds. The number of nitrogens with zero attached hydrogens (tertiary/aromatic N) is 1. The van der Waals surface area contributed by atoms with Crippen LogP contribution in [0.2, 0.25) is 0 Å². The van der Waals surface area contributed by atoms with E-state index in [4.69, 9.17) is 4.74 Å². The van der Waals surface area contributed by atoms with Crippen LogP contribution in [0, 0.1) is 5.82 Å². The zero-order chi connectivity index (χ0) is 20.6. The monoisotopic (exact) mass is 404 g/mol. The average Bonchev–Trinajstić information content (AvgIpc) is 2.60. The third-order valence-corrected chi connectivity index (χ3v) is 7.67. The Morgan fingerprint density at radius 1 is 1.07 bits per heavy atom. The molecule has 0 bridgehead atoms. The second-order valence-electron chi connectivity index (χ2n) is 7.76. The Morgan fingerprint density at radius 3 is 2.29 bits per heavy atom. The molecule has 2 atom stereocenters. The summed E-state index contributed by atoms with van der Waals surface area (Å²) in [5.74, 6) is -0.380. The number of nitrogens with one attached hydrogen (secondary N) is 1. The molecule has 150 valence electrons. The Bertz CT molecular complexity index is 990. The minimum Gasteiger partial charge on any atom is -0.457 e. The highest BCUT2D eigenvalue weighted by molar-refractivity contribution is 7.91. The first-order chi connectivity index (χ1) is 13.1. The van der Waals surface area contributed by atoms with E-state index >= 15 is 0 Å². The van der Waals surface area contributed by atoms with E-state index in [0.29, 0.717) is 5.56 Å². The molecule has 0 saturated carbocycles. The standard InChI is InChI=1S/C21H25FN2O3S/c1-15(17-12-8-9-13-18(17)22)23-19-24-28(25,26)21(4,20(2,3)27-19)14-16-10-6-5-7-11-16/h5-13,15H,14H2,1-4H3,(H,23,24)/t15-,21?/m0/s1. The van der Waals surface area contributed by atoms with Crippen LogP contribution in [-0.2, 0) is 21.2 Å². The van der Waals surface area contributed by atoms with Crippen molar-refractivity contribution < 1.29 is 17.5 Å². The number of benzene rings is 2. The summed E-state index contributed by atoms with van der Waals surface area (Å²) < 4.78 is 48.9.